The molecule has 122 valence electrons. The molecule has 2 rings (SSSR count). The molecular formula is C16H16ClNO4S. The topological polar surface area (TPSA) is 72.5 Å². The van der Waals surface area contributed by atoms with Gasteiger partial charge in [0.25, 0.3) is 0 Å². The molecule has 0 fully saturated rings. The van der Waals surface area contributed by atoms with Gasteiger partial charge in [-0.1, -0.05) is 29.8 Å². The zero-order valence-electron chi connectivity index (χ0n) is 12.5. The van der Waals surface area contributed by atoms with Crippen LogP contribution in [0.15, 0.2) is 53.4 Å². The van der Waals surface area contributed by atoms with Gasteiger partial charge in [-0.3, -0.25) is 4.79 Å². The monoisotopic (exact) mass is 353 g/mol. The summed E-state index contributed by atoms with van der Waals surface area (Å²) in [5.41, 5.74) is 0.500. The fourth-order valence-electron chi connectivity index (χ4n) is 1.97. The number of amides is 1. The van der Waals surface area contributed by atoms with E-state index in [1.807, 2.05) is 0 Å². The second-order valence-corrected chi connectivity index (χ2v) is 7.32. The molecule has 0 bridgehead atoms. The standard InChI is InChI=1S/C16H16ClNO4S/c1-22-15-8-3-2-7-14(15)18-16(19)9-10-23(20,21)13-6-4-5-12(17)11-13/h2-8,11H,9-10H2,1H3,(H,18,19). The van der Waals surface area contributed by atoms with Crippen LogP contribution in [0.5, 0.6) is 5.75 Å². The fourth-order valence-corrected chi connectivity index (χ4v) is 3.50. The highest BCUT2D eigenvalue weighted by Crippen LogP contribution is 2.23. The Morgan fingerprint density at radius 2 is 1.91 bits per heavy atom. The zero-order valence-corrected chi connectivity index (χ0v) is 14.0. The van der Waals surface area contributed by atoms with Gasteiger partial charge in [-0.2, -0.15) is 0 Å². The van der Waals surface area contributed by atoms with Crippen LogP contribution >= 0.6 is 11.6 Å². The SMILES string of the molecule is COc1ccccc1NC(=O)CCS(=O)(=O)c1cccc(Cl)c1. The van der Waals surface area contributed by atoms with E-state index in [-0.39, 0.29) is 17.1 Å². The molecule has 0 saturated carbocycles. The quantitative estimate of drug-likeness (QED) is 0.865. The predicted octanol–water partition coefficient (Wildman–Crippen LogP) is 3.15. The number of carbonyl (C=O) groups excluding carboxylic acids is 1. The van der Waals surface area contributed by atoms with Crippen LogP contribution in [0.1, 0.15) is 6.42 Å². The molecular weight excluding hydrogens is 338 g/mol. The minimum atomic E-state index is -3.56. The van der Waals surface area contributed by atoms with Gasteiger partial charge in [-0.15, -0.1) is 0 Å². The number of ether oxygens (including phenoxy) is 1. The minimum Gasteiger partial charge on any atom is -0.495 e. The van der Waals surface area contributed by atoms with Crippen molar-refractivity contribution >= 4 is 33.0 Å². The number of carbonyl (C=O) groups is 1. The van der Waals surface area contributed by atoms with E-state index in [1.165, 1.54) is 19.2 Å². The fraction of sp³-hybridized carbons (Fsp3) is 0.188. The third kappa shape index (κ3) is 4.71. The first kappa shape index (κ1) is 17.3. The second kappa shape index (κ2) is 7.48. The molecule has 0 heterocycles. The Morgan fingerprint density at radius 3 is 2.61 bits per heavy atom. The summed E-state index contributed by atoms with van der Waals surface area (Å²) >= 11 is 5.80. The molecule has 1 N–H and O–H groups in total. The van der Waals surface area contributed by atoms with Gasteiger partial charge in [0, 0.05) is 11.4 Å². The molecule has 2 aromatic carbocycles. The summed E-state index contributed by atoms with van der Waals surface area (Å²) in [7, 11) is -2.07. The molecule has 7 heteroatoms. The maximum absolute atomic E-state index is 12.2. The maximum Gasteiger partial charge on any atom is 0.225 e. The number of rotatable bonds is 6. The Morgan fingerprint density at radius 1 is 1.17 bits per heavy atom. The molecule has 23 heavy (non-hydrogen) atoms. The number of nitrogens with one attached hydrogen (secondary N) is 1. The molecule has 0 spiro atoms. The van der Waals surface area contributed by atoms with E-state index in [9.17, 15) is 13.2 Å². The van der Waals surface area contributed by atoms with E-state index in [1.54, 1.807) is 36.4 Å². The van der Waals surface area contributed by atoms with Gasteiger partial charge in [-0.05, 0) is 30.3 Å². The summed E-state index contributed by atoms with van der Waals surface area (Å²) in [6.07, 6.45) is -0.160. The van der Waals surface area contributed by atoms with E-state index in [4.69, 9.17) is 16.3 Å². The first-order valence-corrected chi connectivity index (χ1v) is 8.86. The van der Waals surface area contributed by atoms with Crippen LogP contribution < -0.4 is 10.1 Å². The lowest BCUT2D eigenvalue weighted by Crippen LogP contribution is -2.17. The highest BCUT2D eigenvalue weighted by molar-refractivity contribution is 7.91. The number of anilines is 1. The van der Waals surface area contributed by atoms with Crippen molar-refractivity contribution in [2.45, 2.75) is 11.3 Å². The molecule has 0 atom stereocenters. The van der Waals surface area contributed by atoms with E-state index in [0.29, 0.717) is 16.5 Å². The summed E-state index contributed by atoms with van der Waals surface area (Å²) in [6, 6.07) is 12.9. The predicted molar refractivity (Wildman–Crippen MR) is 89.7 cm³/mol. The molecule has 1 amide bonds. The third-order valence-electron chi connectivity index (χ3n) is 3.13. The Bertz CT molecular complexity index is 805. The molecule has 0 unspecified atom stereocenters. The number of methoxy groups -OCH3 is 1. The van der Waals surface area contributed by atoms with Gasteiger partial charge in [-0.25, -0.2) is 8.42 Å². The van der Waals surface area contributed by atoms with Crippen molar-refractivity contribution in [1.29, 1.82) is 0 Å². The van der Waals surface area contributed by atoms with E-state index < -0.39 is 15.7 Å². The summed E-state index contributed by atoms with van der Waals surface area (Å²) in [5.74, 6) is -0.187. The van der Waals surface area contributed by atoms with Crippen molar-refractivity contribution in [3.05, 3.63) is 53.6 Å². The largest absolute Gasteiger partial charge is 0.495 e. The van der Waals surface area contributed by atoms with Gasteiger partial charge >= 0.3 is 0 Å². The van der Waals surface area contributed by atoms with Gasteiger partial charge in [0.15, 0.2) is 9.84 Å². The highest BCUT2D eigenvalue weighted by atomic mass is 35.5. The van der Waals surface area contributed by atoms with Gasteiger partial charge in [0.05, 0.1) is 23.4 Å². The Kier molecular flexibility index (Phi) is 5.63. The average Bonchev–Trinajstić information content (AvgIpc) is 2.53. The first-order chi connectivity index (χ1) is 10.9. The normalized spacial score (nSPS) is 11.0. The van der Waals surface area contributed by atoms with Crippen LogP contribution in [0, 0.1) is 0 Å². The van der Waals surface area contributed by atoms with Crippen molar-refractivity contribution < 1.29 is 17.9 Å². The smallest absolute Gasteiger partial charge is 0.225 e. The number of hydrogen-bond acceptors (Lipinski definition) is 4. The number of halogens is 1. The molecule has 0 aliphatic rings. The van der Waals surface area contributed by atoms with Crippen molar-refractivity contribution in [1.82, 2.24) is 0 Å². The lowest BCUT2D eigenvalue weighted by molar-refractivity contribution is -0.115. The highest BCUT2D eigenvalue weighted by Gasteiger charge is 2.17. The third-order valence-corrected chi connectivity index (χ3v) is 5.08. The molecule has 0 aliphatic heterocycles. The van der Waals surface area contributed by atoms with Crippen molar-refractivity contribution in [3.8, 4) is 5.75 Å². The van der Waals surface area contributed by atoms with Crippen LogP contribution in [-0.4, -0.2) is 27.2 Å². The van der Waals surface area contributed by atoms with Crippen LogP contribution in [0.4, 0.5) is 5.69 Å². The van der Waals surface area contributed by atoms with E-state index in [0.717, 1.165) is 0 Å². The average molecular weight is 354 g/mol. The van der Waals surface area contributed by atoms with Crippen molar-refractivity contribution in [2.24, 2.45) is 0 Å². The second-order valence-electron chi connectivity index (χ2n) is 4.77. The van der Waals surface area contributed by atoms with Gasteiger partial charge in [0.2, 0.25) is 5.91 Å². The van der Waals surface area contributed by atoms with Crippen LogP contribution in [0.2, 0.25) is 5.02 Å². The van der Waals surface area contributed by atoms with E-state index in [2.05, 4.69) is 5.32 Å². The van der Waals surface area contributed by atoms with Crippen LogP contribution in [0.3, 0.4) is 0 Å². The molecule has 5 nitrogen and oxygen atoms in total. The summed E-state index contributed by atoms with van der Waals surface area (Å²) < 4.78 is 29.5. The summed E-state index contributed by atoms with van der Waals surface area (Å²) in [6.45, 7) is 0. The lowest BCUT2D eigenvalue weighted by Gasteiger charge is -2.10. The maximum atomic E-state index is 12.2. The van der Waals surface area contributed by atoms with Crippen molar-refractivity contribution in [2.75, 3.05) is 18.2 Å². The van der Waals surface area contributed by atoms with Crippen molar-refractivity contribution in [3.63, 3.8) is 0 Å². The molecule has 0 saturated heterocycles. The first-order valence-electron chi connectivity index (χ1n) is 6.83. The Balaban J connectivity index is 2.01. The molecule has 0 aliphatic carbocycles. The lowest BCUT2D eigenvalue weighted by atomic mass is 10.3. The zero-order chi connectivity index (χ0) is 16.9. The number of benzene rings is 2. The summed E-state index contributed by atoms with van der Waals surface area (Å²) in [4.78, 5) is 12.1. The number of hydrogen-bond donors (Lipinski definition) is 1. The molecule has 2 aromatic rings. The van der Waals surface area contributed by atoms with Crippen LogP contribution in [0.25, 0.3) is 0 Å². The van der Waals surface area contributed by atoms with Crippen LogP contribution in [-0.2, 0) is 14.6 Å². The van der Waals surface area contributed by atoms with E-state index >= 15 is 0 Å². The minimum absolute atomic E-state index is 0.107. The molecule has 0 radical (unpaired) electrons. The van der Waals surface area contributed by atoms with Gasteiger partial charge < -0.3 is 10.1 Å². The van der Waals surface area contributed by atoms with Gasteiger partial charge in [0.1, 0.15) is 5.75 Å². The Labute approximate surface area is 140 Å². The Hall–Kier alpha value is -2.05. The summed E-state index contributed by atoms with van der Waals surface area (Å²) in [5, 5.41) is 2.98. The number of sulfone groups is 1. The number of para-hydroxylation sites is 2. The molecule has 0 aromatic heterocycles.